The highest BCUT2D eigenvalue weighted by molar-refractivity contribution is 5.95. The van der Waals surface area contributed by atoms with Gasteiger partial charge < -0.3 is 14.5 Å². The van der Waals surface area contributed by atoms with Gasteiger partial charge in [0.2, 0.25) is 6.79 Å². The van der Waals surface area contributed by atoms with Gasteiger partial charge in [-0.25, -0.2) is 9.97 Å². The first-order chi connectivity index (χ1) is 16.3. The second kappa shape index (κ2) is 6.86. The van der Waals surface area contributed by atoms with E-state index in [4.69, 9.17) is 19.4 Å². The lowest BCUT2D eigenvalue weighted by atomic mass is 10.1. The van der Waals surface area contributed by atoms with E-state index >= 15 is 0 Å². The second-order valence-corrected chi connectivity index (χ2v) is 7.61. The third kappa shape index (κ3) is 2.83. The predicted molar refractivity (Wildman–Crippen MR) is 122 cm³/mol. The molecule has 0 radical (unpaired) electrons. The van der Waals surface area contributed by atoms with Crippen molar-refractivity contribution < 1.29 is 9.47 Å². The van der Waals surface area contributed by atoms with Gasteiger partial charge in [0, 0.05) is 29.7 Å². The van der Waals surface area contributed by atoms with Crippen LogP contribution < -0.4 is 9.47 Å². The van der Waals surface area contributed by atoms with Crippen molar-refractivity contribution >= 4 is 22.1 Å². The molecule has 1 aliphatic heterocycles. The number of nitrogens with one attached hydrogen (secondary N) is 2. The van der Waals surface area contributed by atoms with Crippen LogP contribution in [0.25, 0.3) is 56.1 Å². The van der Waals surface area contributed by atoms with Crippen LogP contribution in [0.3, 0.4) is 0 Å². The van der Waals surface area contributed by atoms with Crippen molar-refractivity contribution in [2.45, 2.75) is 0 Å². The Morgan fingerprint density at radius 2 is 1.61 bits per heavy atom. The molecule has 5 aromatic heterocycles. The molecule has 0 atom stereocenters. The monoisotopic (exact) mass is 433 g/mol. The summed E-state index contributed by atoms with van der Waals surface area (Å²) in [7, 11) is 0. The molecule has 6 heterocycles. The lowest BCUT2D eigenvalue weighted by Gasteiger charge is -2.03. The van der Waals surface area contributed by atoms with Crippen LogP contribution in [-0.4, -0.2) is 41.9 Å². The number of benzene rings is 1. The average Bonchev–Trinajstić information content (AvgIpc) is 3.60. The number of ether oxygens (including phenoxy) is 2. The molecule has 0 bridgehead atoms. The lowest BCUT2D eigenvalue weighted by Crippen LogP contribution is -1.92. The summed E-state index contributed by atoms with van der Waals surface area (Å²) in [6, 6.07) is 15.4. The molecule has 0 aliphatic carbocycles. The molecule has 2 N–H and O–H groups in total. The van der Waals surface area contributed by atoms with E-state index < -0.39 is 0 Å². The Morgan fingerprint density at radius 3 is 2.55 bits per heavy atom. The number of pyridine rings is 3. The predicted octanol–water partition coefficient (Wildman–Crippen LogP) is 4.35. The van der Waals surface area contributed by atoms with E-state index in [1.807, 2.05) is 48.5 Å². The van der Waals surface area contributed by atoms with Crippen LogP contribution in [0.1, 0.15) is 0 Å². The molecule has 6 aromatic rings. The van der Waals surface area contributed by atoms with Gasteiger partial charge in [-0.1, -0.05) is 0 Å². The summed E-state index contributed by atoms with van der Waals surface area (Å²) in [5, 5.41) is 7.55. The SMILES string of the molecule is c1cc(-c2ccc3[nH]nc(-c4nc5c(-c6ccc7c(c6)OCO7)nccc5[nH]4)c3n2)ccn1. The Labute approximate surface area is 186 Å². The van der Waals surface area contributed by atoms with Gasteiger partial charge in [-0.3, -0.25) is 15.1 Å². The lowest BCUT2D eigenvalue weighted by molar-refractivity contribution is 0.174. The molecule has 1 aromatic carbocycles. The van der Waals surface area contributed by atoms with Gasteiger partial charge in [-0.05, 0) is 48.5 Å². The number of imidazole rings is 1. The maximum Gasteiger partial charge on any atom is 0.231 e. The highest BCUT2D eigenvalue weighted by Gasteiger charge is 2.19. The van der Waals surface area contributed by atoms with Crippen molar-refractivity contribution in [3.05, 3.63) is 67.1 Å². The molecule has 0 fully saturated rings. The van der Waals surface area contributed by atoms with Crippen LogP contribution in [0.15, 0.2) is 67.1 Å². The van der Waals surface area contributed by atoms with E-state index in [2.05, 4.69) is 25.1 Å². The van der Waals surface area contributed by atoms with Crippen molar-refractivity contribution in [2.24, 2.45) is 0 Å². The standard InChI is InChI=1S/C24H15N7O2/c1-4-18-19(33-12-32-18)11-14(1)20-21-16(7-10-26-20)28-24(29-21)23-22-17(30-31-23)3-2-15(27-22)13-5-8-25-9-6-13/h1-11H,12H2,(H,28,29)(H,30,31). The highest BCUT2D eigenvalue weighted by atomic mass is 16.7. The Kier molecular flexibility index (Phi) is 3.71. The molecular weight excluding hydrogens is 418 g/mol. The Morgan fingerprint density at radius 1 is 0.727 bits per heavy atom. The van der Waals surface area contributed by atoms with Crippen molar-refractivity contribution in [1.82, 2.24) is 35.1 Å². The zero-order chi connectivity index (χ0) is 21.8. The average molecular weight is 433 g/mol. The third-order valence-corrected chi connectivity index (χ3v) is 5.66. The van der Waals surface area contributed by atoms with Gasteiger partial charge in [0.15, 0.2) is 23.0 Å². The molecule has 9 heteroatoms. The molecule has 1 aliphatic rings. The van der Waals surface area contributed by atoms with Gasteiger partial charge in [0.25, 0.3) is 0 Å². The summed E-state index contributed by atoms with van der Waals surface area (Å²) in [5.41, 5.74) is 7.28. The highest BCUT2D eigenvalue weighted by Crippen LogP contribution is 2.37. The minimum atomic E-state index is 0.226. The number of H-pyrrole nitrogens is 2. The minimum absolute atomic E-state index is 0.226. The molecule has 0 saturated carbocycles. The van der Waals surface area contributed by atoms with E-state index in [1.54, 1.807) is 18.6 Å². The first-order valence-corrected chi connectivity index (χ1v) is 10.3. The molecule has 7 rings (SSSR count). The smallest absolute Gasteiger partial charge is 0.231 e. The van der Waals surface area contributed by atoms with Crippen LogP contribution >= 0.6 is 0 Å². The molecular formula is C24H15N7O2. The topological polar surface area (TPSA) is 114 Å². The first kappa shape index (κ1) is 17.8. The molecule has 33 heavy (non-hydrogen) atoms. The van der Waals surface area contributed by atoms with E-state index in [0.29, 0.717) is 17.3 Å². The normalized spacial score (nSPS) is 12.6. The summed E-state index contributed by atoms with van der Waals surface area (Å²) < 4.78 is 11.0. The maximum atomic E-state index is 5.53. The Hall–Kier alpha value is -4.79. The van der Waals surface area contributed by atoms with Crippen molar-refractivity contribution in [3.8, 4) is 45.5 Å². The van der Waals surface area contributed by atoms with Crippen LogP contribution in [-0.2, 0) is 0 Å². The molecule has 9 nitrogen and oxygen atoms in total. The van der Waals surface area contributed by atoms with Crippen LogP contribution in [0, 0.1) is 0 Å². The number of aromatic nitrogens is 7. The van der Waals surface area contributed by atoms with Crippen molar-refractivity contribution in [3.63, 3.8) is 0 Å². The molecule has 0 saturated heterocycles. The summed E-state index contributed by atoms with van der Waals surface area (Å²) in [6.45, 7) is 0.226. The van der Waals surface area contributed by atoms with E-state index in [9.17, 15) is 0 Å². The Bertz CT molecular complexity index is 1660. The fraction of sp³-hybridized carbons (Fsp3) is 0.0417. The number of rotatable bonds is 3. The van der Waals surface area contributed by atoms with Gasteiger partial charge in [-0.15, -0.1) is 0 Å². The van der Waals surface area contributed by atoms with E-state index in [0.717, 1.165) is 50.3 Å². The van der Waals surface area contributed by atoms with Gasteiger partial charge in [0.1, 0.15) is 11.0 Å². The Balaban J connectivity index is 1.37. The molecule has 0 unspecified atom stereocenters. The fourth-order valence-electron chi connectivity index (χ4n) is 4.05. The summed E-state index contributed by atoms with van der Waals surface area (Å²) in [5.74, 6) is 2.05. The molecule has 158 valence electrons. The molecule has 0 spiro atoms. The largest absolute Gasteiger partial charge is 0.454 e. The van der Waals surface area contributed by atoms with Crippen LogP contribution in [0.2, 0.25) is 0 Å². The number of nitrogens with zero attached hydrogens (tertiary/aromatic N) is 5. The maximum absolute atomic E-state index is 5.53. The summed E-state index contributed by atoms with van der Waals surface area (Å²) >= 11 is 0. The molecule has 0 amide bonds. The van der Waals surface area contributed by atoms with Crippen molar-refractivity contribution in [1.29, 1.82) is 0 Å². The van der Waals surface area contributed by atoms with Crippen LogP contribution in [0.4, 0.5) is 0 Å². The quantitative estimate of drug-likeness (QED) is 0.426. The zero-order valence-corrected chi connectivity index (χ0v) is 17.1. The zero-order valence-electron chi connectivity index (χ0n) is 17.1. The van der Waals surface area contributed by atoms with Gasteiger partial charge in [-0.2, -0.15) is 5.10 Å². The number of fused-ring (bicyclic) bond motifs is 3. The first-order valence-electron chi connectivity index (χ1n) is 10.3. The number of aromatic amines is 2. The van der Waals surface area contributed by atoms with Gasteiger partial charge >= 0.3 is 0 Å². The van der Waals surface area contributed by atoms with E-state index in [1.165, 1.54) is 0 Å². The van der Waals surface area contributed by atoms with Crippen LogP contribution in [0.5, 0.6) is 11.5 Å². The van der Waals surface area contributed by atoms with E-state index in [-0.39, 0.29) is 6.79 Å². The third-order valence-electron chi connectivity index (χ3n) is 5.66. The summed E-state index contributed by atoms with van der Waals surface area (Å²) in [4.78, 5) is 21.7. The van der Waals surface area contributed by atoms with Gasteiger partial charge in [0.05, 0.1) is 22.4 Å². The second-order valence-electron chi connectivity index (χ2n) is 7.61. The van der Waals surface area contributed by atoms with Crippen molar-refractivity contribution in [2.75, 3.05) is 6.79 Å². The number of hydrogen-bond acceptors (Lipinski definition) is 7. The minimum Gasteiger partial charge on any atom is -0.454 e. The fourth-order valence-corrected chi connectivity index (χ4v) is 4.05. The number of hydrogen-bond donors (Lipinski definition) is 2. The summed E-state index contributed by atoms with van der Waals surface area (Å²) in [6.07, 6.45) is 5.26.